The monoisotopic (exact) mass is 313 g/mol. The number of carbonyl (C=O) groups is 4. The molecule has 2 heterocycles. The molecule has 0 aromatic heterocycles. The van der Waals surface area contributed by atoms with Crippen molar-refractivity contribution in [2.45, 2.75) is 12.8 Å². The van der Waals surface area contributed by atoms with Gasteiger partial charge >= 0.3 is 0 Å². The summed E-state index contributed by atoms with van der Waals surface area (Å²) < 4.78 is 0. The Kier molecular flexibility index (Phi) is 6.93. The van der Waals surface area contributed by atoms with Crippen LogP contribution in [0.1, 0.15) is 12.8 Å². The van der Waals surface area contributed by atoms with Crippen molar-refractivity contribution in [3.8, 4) is 0 Å². The number of piperazine rings is 1. The van der Waals surface area contributed by atoms with Crippen LogP contribution in [0.15, 0.2) is 0 Å². The summed E-state index contributed by atoms with van der Waals surface area (Å²) in [5.74, 6) is -4.39. The van der Waals surface area contributed by atoms with E-state index in [0.29, 0.717) is 19.5 Å². The number of nitrogens with zero attached hydrogens (tertiary/aromatic N) is 3. The molecule has 9 heteroatoms. The highest BCUT2D eigenvalue weighted by Gasteiger charge is 2.28. The van der Waals surface area contributed by atoms with Gasteiger partial charge in [0.25, 0.3) is 0 Å². The molecular formula is C13H19N3O6-2. The van der Waals surface area contributed by atoms with E-state index in [9.17, 15) is 9.59 Å². The summed E-state index contributed by atoms with van der Waals surface area (Å²) in [7, 11) is 2.09. The van der Waals surface area contributed by atoms with E-state index < -0.39 is 11.9 Å². The summed E-state index contributed by atoms with van der Waals surface area (Å²) in [4.78, 5) is 46.9. The minimum Gasteiger partial charge on any atom is -0.543 e. The molecule has 22 heavy (non-hydrogen) atoms. The van der Waals surface area contributed by atoms with Crippen LogP contribution in [-0.4, -0.2) is 84.8 Å². The number of imide groups is 1. The van der Waals surface area contributed by atoms with Crippen molar-refractivity contribution in [1.29, 1.82) is 0 Å². The van der Waals surface area contributed by atoms with Crippen molar-refractivity contribution < 1.29 is 29.4 Å². The molecule has 9 nitrogen and oxygen atoms in total. The predicted octanol–water partition coefficient (Wildman–Crippen LogP) is -4.13. The van der Waals surface area contributed by atoms with Gasteiger partial charge in [-0.25, -0.2) is 0 Å². The van der Waals surface area contributed by atoms with Gasteiger partial charge in [-0.3, -0.25) is 19.4 Å². The Labute approximate surface area is 128 Å². The highest BCUT2D eigenvalue weighted by atomic mass is 16.4. The summed E-state index contributed by atoms with van der Waals surface area (Å²) in [6.45, 7) is 4.86. The van der Waals surface area contributed by atoms with Gasteiger partial charge in [-0.15, -0.1) is 0 Å². The Balaban J connectivity index is 0.000000346. The van der Waals surface area contributed by atoms with E-state index in [2.05, 4.69) is 16.8 Å². The maximum atomic E-state index is 11.9. The standard InChI is InChI=1S/C11H19N3O2.C2H2O4/c1-12-5-7-13(8-6-12)9-11(16)14-4-2-3-10(14)15;3-1(4)2(5)6/h2-9H2,1H3;(H,3,4)(H,5,6)/p-2. The Morgan fingerprint density at radius 3 is 1.95 bits per heavy atom. The largest absolute Gasteiger partial charge is 0.543 e. The normalized spacial score (nSPS) is 19.5. The first-order chi connectivity index (χ1) is 10.3. The number of amides is 2. The molecule has 124 valence electrons. The Morgan fingerprint density at radius 2 is 1.55 bits per heavy atom. The molecule has 0 aromatic carbocycles. The molecule has 2 aliphatic heterocycles. The van der Waals surface area contributed by atoms with Gasteiger partial charge in [-0.2, -0.15) is 0 Å². The number of hydrogen-bond acceptors (Lipinski definition) is 8. The third-order valence-electron chi connectivity index (χ3n) is 3.50. The molecule has 2 amide bonds. The summed E-state index contributed by atoms with van der Waals surface area (Å²) >= 11 is 0. The first-order valence-corrected chi connectivity index (χ1v) is 6.97. The molecule has 0 spiro atoms. The van der Waals surface area contributed by atoms with Crippen molar-refractivity contribution >= 4 is 23.8 Å². The van der Waals surface area contributed by atoms with E-state index in [1.165, 1.54) is 4.90 Å². The second kappa shape index (κ2) is 8.44. The van der Waals surface area contributed by atoms with Crippen LogP contribution < -0.4 is 10.2 Å². The molecule has 0 bridgehead atoms. The highest BCUT2D eigenvalue weighted by molar-refractivity contribution is 6.25. The van der Waals surface area contributed by atoms with E-state index in [1.54, 1.807) is 0 Å². The van der Waals surface area contributed by atoms with Crippen molar-refractivity contribution in [2.24, 2.45) is 0 Å². The van der Waals surface area contributed by atoms with E-state index in [0.717, 1.165) is 32.6 Å². The van der Waals surface area contributed by atoms with Crippen LogP contribution >= 0.6 is 0 Å². The summed E-state index contributed by atoms with van der Waals surface area (Å²) in [5, 5.41) is 17.9. The zero-order valence-corrected chi connectivity index (χ0v) is 12.4. The minimum absolute atomic E-state index is 0.000808. The van der Waals surface area contributed by atoms with Gasteiger partial charge in [0.1, 0.15) is 0 Å². The van der Waals surface area contributed by atoms with Gasteiger partial charge in [0, 0.05) is 39.1 Å². The topological polar surface area (TPSA) is 124 Å². The van der Waals surface area contributed by atoms with E-state index >= 15 is 0 Å². The summed E-state index contributed by atoms with van der Waals surface area (Å²) in [6.07, 6.45) is 1.36. The number of hydrogen-bond donors (Lipinski definition) is 0. The first kappa shape index (κ1) is 18.1. The van der Waals surface area contributed by atoms with E-state index in [1.807, 2.05) is 0 Å². The Hall–Kier alpha value is -2.00. The quantitative estimate of drug-likeness (QED) is 0.471. The number of aliphatic carboxylic acids is 2. The van der Waals surface area contributed by atoms with Crippen molar-refractivity contribution in [1.82, 2.24) is 14.7 Å². The van der Waals surface area contributed by atoms with Crippen LogP contribution in [0.4, 0.5) is 0 Å². The van der Waals surface area contributed by atoms with Gasteiger partial charge in [0.05, 0.1) is 18.5 Å². The Morgan fingerprint density at radius 1 is 1.00 bits per heavy atom. The number of rotatable bonds is 2. The SMILES string of the molecule is CN1CCN(CC(=O)N2CCCC2=O)CC1.O=C([O-])C(=O)[O-]. The van der Waals surface area contributed by atoms with Crippen LogP contribution in [0.2, 0.25) is 0 Å². The number of carboxylic acid groups (broad SMARTS) is 2. The molecule has 2 rings (SSSR count). The summed E-state index contributed by atoms with van der Waals surface area (Å²) in [5.41, 5.74) is 0. The van der Waals surface area contributed by atoms with E-state index in [4.69, 9.17) is 19.8 Å². The predicted molar refractivity (Wildman–Crippen MR) is 69.9 cm³/mol. The van der Waals surface area contributed by atoms with Crippen LogP contribution in [0.3, 0.4) is 0 Å². The third kappa shape index (κ3) is 5.78. The second-order valence-electron chi connectivity index (χ2n) is 5.20. The first-order valence-electron chi connectivity index (χ1n) is 6.97. The fourth-order valence-electron chi connectivity index (χ4n) is 2.19. The average Bonchev–Trinajstić information content (AvgIpc) is 2.88. The van der Waals surface area contributed by atoms with Crippen molar-refractivity contribution in [2.75, 3.05) is 46.3 Å². The molecule has 0 unspecified atom stereocenters. The zero-order valence-electron chi connectivity index (χ0n) is 12.4. The lowest BCUT2D eigenvalue weighted by Crippen LogP contribution is -2.49. The molecule has 0 saturated carbocycles. The number of carbonyl (C=O) groups excluding carboxylic acids is 4. The van der Waals surface area contributed by atoms with Crippen LogP contribution in [-0.2, 0) is 19.2 Å². The third-order valence-corrected chi connectivity index (χ3v) is 3.50. The van der Waals surface area contributed by atoms with Crippen molar-refractivity contribution in [3.63, 3.8) is 0 Å². The van der Waals surface area contributed by atoms with Crippen molar-refractivity contribution in [3.05, 3.63) is 0 Å². The van der Waals surface area contributed by atoms with Gasteiger partial charge in [-0.1, -0.05) is 0 Å². The van der Waals surface area contributed by atoms with Gasteiger partial charge < -0.3 is 24.7 Å². The molecular weight excluding hydrogens is 294 g/mol. The fraction of sp³-hybridized carbons (Fsp3) is 0.692. The smallest absolute Gasteiger partial charge is 0.243 e. The van der Waals surface area contributed by atoms with Gasteiger partial charge in [0.2, 0.25) is 11.8 Å². The molecule has 0 aliphatic carbocycles. The molecule has 0 radical (unpaired) electrons. The summed E-state index contributed by atoms with van der Waals surface area (Å²) in [6, 6.07) is 0. The number of carboxylic acids is 2. The number of likely N-dealkylation sites (N-methyl/N-ethyl adjacent to an activating group) is 1. The maximum absolute atomic E-state index is 11.9. The maximum Gasteiger partial charge on any atom is 0.243 e. The van der Waals surface area contributed by atoms with Crippen LogP contribution in [0.25, 0.3) is 0 Å². The lowest BCUT2D eigenvalue weighted by Gasteiger charge is -2.32. The van der Waals surface area contributed by atoms with Gasteiger partial charge in [-0.05, 0) is 13.5 Å². The zero-order chi connectivity index (χ0) is 16.7. The molecule has 0 atom stereocenters. The van der Waals surface area contributed by atoms with Crippen LogP contribution in [0.5, 0.6) is 0 Å². The molecule has 2 saturated heterocycles. The molecule has 0 aromatic rings. The minimum atomic E-state index is -2.19. The highest BCUT2D eigenvalue weighted by Crippen LogP contribution is 2.10. The fourth-order valence-corrected chi connectivity index (χ4v) is 2.19. The van der Waals surface area contributed by atoms with Crippen LogP contribution in [0, 0.1) is 0 Å². The number of likely N-dealkylation sites (tertiary alicyclic amines) is 1. The average molecular weight is 313 g/mol. The molecule has 2 aliphatic rings. The lowest BCUT2D eigenvalue weighted by atomic mass is 10.3. The molecule has 2 fully saturated rings. The van der Waals surface area contributed by atoms with Gasteiger partial charge in [0.15, 0.2) is 0 Å². The van der Waals surface area contributed by atoms with E-state index in [-0.39, 0.29) is 11.8 Å². The lowest BCUT2D eigenvalue weighted by molar-refractivity contribution is -0.345. The second-order valence-corrected chi connectivity index (χ2v) is 5.20. The molecule has 0 N–H and O–H groups in total. The Bertz CT molecular complexity index is 433.